The lowest BCUT2D eigenvalue weighted by molar-refractivity contribution is -0.146. The first-order chi connectivity index (χ1) is 12.3. The Labute approximate surface area is 162 Å². The minimum atomic E-state index is -0.389. The summed E-state index contributed by atoms with van der Waals surface area (Å²) in [5.41, 5.74) is 1.46. The van der Waals surface area contributed by atoms with E-state index in [2.05, 4.69) is 5.32 Å². The third kappa shape index (κ3) is 5.38. The molecule has 0 bridgehead atoms. The Balaban J connectivity index is 2.20. The molecule has 7 heteroatoms. The highest BCUT2D eigenvalue weighted by Gasteiger charge is 2.15. The van der Waals surface area contributed by atoms with Gasteiger partial charge >= 0.3 is 5.97 Å². The number of anilines is 1. The first-order valence-corrected chi connectivity index (χ1v) is 8.68. The maximum Gasteiger partial charge on any atom is 0.310 e. The van der Waals surface area contributed by atoms with Gasteiger partial charge in [-0.2, -0.15) is 0 Å². The van der Waals surface area contributed by atoms with Gasteiger partial charge in [0.25, 0.3) is 5.91 Å². The Morgan fingerprint density at radius 3 is 2.42 bits per heavy atom. The number of rotatable bonds is 6. The summed E-state index contributed by atoms with van der Waals surface area (Å²) in [5.74, 6) is -0.221. The molecule has 1 amide bonds. The highest BCUT2D eigenvalue weighted by Crippen LogP contribution is 2.26. The van der Waals surface area contributed by atoms with Gasteiger partial charge in [0.05, 0.1) is 29.7 Å². The lowest BCUT2D eigenvalue weighted by atomic mass is 10.1. The molecule has 0 aliphatic rings. The third-order valence-electron chi connectivity index (χ3n) is 3.42. The van der Waals surface area contributed by atoms with Crippen molar-refractivity contribution in [3.05, 3.63) is 57.6 Å². The minimum absolute atomic E-state index is 0.00917. The smallest absolute Gasteiger partial charge is 0.310 e. The van der Waals surface area contributed by atoms with E-state index in [1.165, 1.54) is 7.11 Å². The van der Waals surface area contributed by atoms with Crippen molar-refractivity contribution >= 4 is 40.8 Å². The summed E-state index contributed by atoms with van der Waals surface area (Å²) in [6.45, 7) is 3.55. The van der Waals surface area contributed by atoms with Crippen molar-refractivity contribution in [2.75, 3.05) is 12.4 Å². The summed E-state index contributed by atoms with van der Waals surface area (Å²) >= 11 is 11.8. The van der Waals surface area contributed by atoms with Gasteiger partial charge in [0.15, 0.2) is 0 Å². The van der Waals surface area contributed by atoms with Gasteiger partial charge in [-0.25, -0.2) is 0 Å². The molecule has 0 unspecified atom stereocenters. The molecule has 138 valence electrons. The van der Waals surface area contributed by atoms with Gasteiger partial charge in [-0.1, -0.05) is 23.2 Å². The van der Waals surface area contributed by atoms with E-state index >= 15 is 0 Å². The topological polar surface area (TPSA) is 64.6 Å². The Hall–Kier alpha value is -2.24. The highest BCUT2D eigenvalue weighted by molar-refractivity contribution is 6.42. The molecule has 0 saturated heterocycles. The van der Waals surface area contributed by atoms with Crippen LogP contribution in [-0.2, 0) is 16.0 Å². The number of benzene rings is 2. The molecule has 2 aromatic rings. The number of ether oxygens (including phenoxy) is 2. The molecule has 0 saturated carbocycles. The lowest BCUT2D eigenvalue weighted by Gasteiger charge is -2.12. The van der Waals surface area contributed by atoms with Gasteiger partial charge in [-0.3, -0.25) is 9.59 Å². The van der Waals surface area contributed by atoms with Crippen LogP contribution < -0.4 is 10.1 Å². The first-order valence-electron chi connectivity index (χ1n) is 7.93. The summed E-state index contributed by atoms with van der Waals surface area (Å²) in [6, 6.07) is 9.67. The van der Waals surface area contributed by atoms with E-state index in [1.807, 2.05) is 0 Å². The average Bonchev–Trinajstić information content (AvgIpc) is 2.57. The van der Waals surface area contributed by atoms with E-state index in [1.54, 1.807) is 50.2 Å². The normalized spacial score (nSPS) is 10.5. The van der Waals surface area contributed by atoms with Gasteiger partial charge < -0.3 is 14.8 Å². The van der Waals surface area contributed by atoms with Crippen LogP contribution in [0.5, 0.6) is 5.75 Å². The lowest BCUT2D eigenvalue weighted by Crippen LogP contribution is -2.16. The predicted molar refractivity (Wildman–Crippen MR) is 102 cm³/mol. The summed E-state index contributed by atoms with van der Waals surface area (Å²) in [7, 11) is 1.50. The van der Waals surface area contributed by atoms with Crippen molar-refractivity contribution in [3.8, 4) is 5.75 Å². The Morgan fingerprint density at radius 2 is 1.81 bits per heavy atom. The zero-order valence-corrected chi connectivity index (χ0v) is 16.1. The summed E-state index contributed by atoms with van der Waals surface area (Å²) in [6.07, 6.45) is -0.204. The van der Waals surface area contributed by atoms with E-state index < -0.39 is 0 Å². The van der Waals surface area contributed by atoms with Crippen LogP contribution in [0.2, 0.25) is 10.0 Å². The standard InChI is InChI=1S/C19H19Cl2NO4/c1-11(2)26-18(23)9-13-8-12(4-7-17(13)25-3)19(24)22-14-5-6-15(20)16(21)10-14/h4-8,10-11H,9H2,1-3H3,(H,22,24). The molecule has 2 rings (SSSR count). The number of carbonyl (C=O) groups is 2. The molecule has 0 heterocycles. The number of nitrogens with one attached hydrogen (secondary N) is 1. The molecular weight excluding hydrogens is 377 g/mol. The fourth-order valence-electron chi connectivity index (χ4n) is 2.30. The zero-order valence-electron chi connectivity index (χ0n) is 14.6. The second-order valence-corrected chi connectivity index (χ2v) is 6.64. The van der Waals surface area contributed by atoms with Crippen molar-refractivity contribution in [1.29, 1.82) is 0 Å². The van der Waals surface area contributed by atoms with Crippen molar-refractivity contribution in [1.82, 2.24) is 0 Å². The van der Waals surface area contributed by atoms with Crippen LogP contribution in [0.25, 0.3) is 0 Å². The number of carbonyl (C=O) groups excluding carboxylic acids is 2. The average molecular weight is 396 g/mol. The fraction of sp³-hybridized carbons (Fsp3) is 0.263. The molecular formula is C19H19Cl2NO4. The third-order valence-corrected chi connectivity index (χ3v) is 4.16. The van der Waals surface area contributed by atoms with E-state index in [0.29, 0.717) is 32.6 Å². The van der Waals surface area contributed by atoms with E-state index in [9.17, 15) is 9.59 Å². The van der Waals surface area contributed by atoms with Crippen LogP contribution in [0.15, 0.2) is 36.4 Å². The monoisotopic (exact) mass is 395 g/mol. The van der Waals surface area contributed by atoms with Crippen molar-refractivity contribution in [2.24, 2.45) is 0 Å². The number of hydrogen-bond acceptors (Lipinski definition) is 4. The molecule has 1 N–H and O–H groups in total. The molecule has 0 radical (unpaired) electrons. The van der Waals surface area contributed by atoms with Gasteiger partial charge in [0.2, 0.25) is 0 Å². The number of esters is 1. The molecule has 0 spiro atoms. The Kier molecular flexibility index (Phi) is 6.89. The van der Waals surface area contributed by atoms with Crippen LogP contribution in [0.3, 0.4) is 0 Å². The molecule has 0 aliphatic carbocycles. The van der Waals surface area contributed by atoms with Crippen LogP contribution in [0.1, 0.15) is 29.8 Å². The fourth-order valence-corrected chi connectivity index (χ4v) is 2.59. The van der Waals surface area contributed by atoms with Gasteiger partial charge in [-0.05, 0) is 50.2 Å². The molecule has 0 atom stereocenters. The number of halogens is 2. The molecule has 5 nitrogen and oxygen atoms in total. The number of methoxy groups -OCH3 is 1. The van der Waals surface area contributed by atoms with Crippen LogP contribution in [-0.4, -0.2) is 25.1 Å². The molecule has 26 heavy (non-hydrogen) atoms. The second-order valence-electron chi connectivity index (χ2n) is 5.83. The molecule has 0 fully saturated rings. The number of hydrogen-bond donors (Lipinski definition) is 1. The van der Waals surface area contributed by atoms with Crippen molar-refractivity contribution < 1.29 is 19.1 Å². The second kappa shape index (κ2) is 8.92. The SMILES string of the molecule is COc1ccc(C(=O)Nc2ccc(Cl)c(Cl)c2)cc1CC(=O)OC(C)C. The van der Waals surface area contributed by atoms with Crippen LogP contribution in [0.4, 0.5) is 5.69 Å². The van der Waals surface area contributed by atoms with Gasteiger partial charge in [0.1, 0.15) is 5.75 Å². The zero-order chi connectivity index (χ0) is 19.3. The van der Waals surface area contributed by atoms with E-state index in [-0.39, 0.29) is 24.4 Å². The largest absolute Gasteiger partial charge is 0.496 e. The van der Waals surface area contributed by atoms with Crippen molar-refractivity contribution in [2.45, 2.75) is 26.4 Å². The Morgan fingerprint density at radius 1 is 1.08 bits per heavy atom. The first kappa shape index (κ1) is 20.1. The quantitative estimate of drug-likeness (QED) is 0.716. The predicted octanol–water partition coefficient (Wildman–Crippen LogP) is 4.75. The van der Waals surface area contributed by atoms with E-state index in [0.717, 1.165) is 0 Å². The molecule has 2 aromatic carbocycles. The summed E-state index contributed by atoms with van der Waals surface area (Å²) in [5, 5.41) is 3.48. The Bertz CT molecular complexity index is 821. The maximum absolute atomic E-state index is 12.5. The summed E-state index contributed by atoms with van der Waals surface area (Å²) in [4.78, 5) is 24.4. The highest BCUT2D eigenvalue weighted by atomic mass is 35.5. The maximum atomic E-state index is 12.5. The summed E-state index contributed by atoms with van der Waals surface area (Å²) < 4.78 is 10.4. The van der Waals surface area contributed by atoms with Gasteiger partial charge in [0, 0.05) is 16.8 Å². The minimum Gasteiger partial charge on any atom is -0.496 e. The molecule has 0 aliphatic heterocycles. The van der Waals surface area contributed by atoms with Crippen LogP contribution in [0, 0.1) is 0 Å². The van der Waals surface area contributed by atoms with E-state index in [4.69, 9.17) is 32.7 Å². The van der Waals surface area contributed by atoms with Crippen LogP contribution >= 0.6 is 23.2 Å². The van der Waals surface area contributed by atoms with Gasteiger partial charge in [-0.15, -0.1) is 0 Å². The molecule has 0 aromatic heterocycles. The number of amides is 1. The van der Waals surface area contributed by atoms with Crippen molar-refractivity contribution in [3.63, 3.8) is 0 Å².